The number of thioether (sulfide) groups is 1. The average Bonchev–Trinajstić information content (AvgIpc) is 2.64. The van der Waals surface area contributed by atoms with Gasteiger partial charge in [0.15, 0.2) is 5.16 Å². The fraction of sp³-hybridized carbons (Fsp3) is 0.750. The third kappa shape index (κ3) is 3.25. The van der Waals surface area contributed by atoms with Crippen LogP contribution in [0.3, 0.4) is 0 Å². The van der Waals surface area contributed by atoms with Crippen molar-refractivity contribution in [2.24, 2.45) is 5.92 Å². The molecule has 0 amide bonds. The maximum absolute atomic E-state index is 10.6. The van der Waals surface area contributed by atoms with Crippen LogP contribution in [0.1, 0.15) is 38.4 Å². The summed E-state index contributed by atoms with van der Waals surface area (Å²) in [6, 6.07) is 0. The van der Waals surface area contributed by atoms with Crippen molar-refractivity contribution >= 4 is 17.7 Å². The van der Waals surface area contributed by atoms with Crippen molar-refractivity contribution in [2.45, 2.75) is 50.7 Å². The predicted octanol–water partition coefficient (Wildman–Crippen LogP) is 2.21. The molecule has 0 spiro atoms. The molecule has 0 bridgehead atoms. The van der Waals surface area contributed by atoms with E-state index in [0.717, 1.165) is 36.3 Å². The first kappa shape index (κ1) is 13.4. The van der Waals surface area contributed by atoms with Crippen LogP contribution in [0.4, 0.5) is 0 Å². The molecule has 1 aromatic rings. The highest BCUT2D eigenvalue weighted by Gasteiger charge is 2.22. The molecule has 0 radical (unpaired) electrons. The molecule has 1 N–H and O–H groups in total. The summed E-state index contributed by atoms with van der Waals surface area (Å²) in [5.41, 5.74) is 0. The summed E-state index contributed by atoms with van der Waals surface area (Å²) in [5.74, 6) is 0.961. The zero-order valence-electron chi connectivity index (χ0n) is 10.6. The first-order valence-corrected chi connectivity index (χ1v) is 7.46. The molecule has 2 rings (SSSR count). The van der Waals surface area contributed by atoms with Gasteiger partial charge in [0.1, 0.15) is 5.82 Å². The molecular formula is C12H19N3O2S. The maximum Gasteiger partial charge on any atom is 0.313 e. The molecule has 1 saturated carbocycles. The highest BCUT2D eigenvalue weighted by molar-refractivity contribution is 7.99. The summed E-state index contributed by atoms with van der Waals surface area (Å²) >= 11 is 1.27. The van der Waals surface area contributed by atoms with Gasteiger partial charge in [-0.2, -0.15) is 0 Å². The van der Waals surface area contributed by atoms with Gasteiger partial charge in [-0.15, -0.1) is 10.2 Å². The lowest BCUT2D eigenvalue weighted by atomic mass is 9.85. The summed E-state index contributed by atoms with van der Waals surface area (Å²) in [4.78, 5) is 10.6. The lowest BCUT2D eigenvalue weighted by Crippen LogP contribution is -2.20. The molecule has 1 heterocycles. The second-order valence-electron chi connectivity index (χ2n) is 4.74. The van der Waals surface area contributed by atoms with Gasteiger partial charge in [0, 0.05) is 13.0 Å². The van der Waals surface area contributed by atoms with Crippen molar-refractivity contribution in [3.63, 3.8) is 0 Å². The molecule has 6 heteroatoms. The van der Waals surface area contributed by atoms with Crippen molar-refractivity contribution in [1.82, 2.24) is 14.8 Å². The number of carbonyl (C=O) groups is 1. The van der Waals surface area contributed by atoms with Crippen molar-refractivity contribution in [3.8, 4) is 0 Å². The monoisotopic (exact) mass is 269 g/mol. The van der Waals surface area contributed by atoms with Gasteiger partial charge in [-0.1, -0.05) is 25.1 Å². The zero-order chi connectivity index (χ0) is 13.0. The Kier molecular flexibility index (Phi) is 4.63. The molecule has 100 valence electrons. The van der Waals surface area contributed by atoms with Gasteiger partial charge in [0.25, 0.3) is 0 Å². The minimum absolute atomic E-state index is 0.0505. The minimum atomic E-state index is -0.810. The Morgan fingerprint density at radius 2 is 2.28 bits per heavy atom. The molecule has 0 atom stereocenters. The summed E-state index contributed by atoms with van der Waals surface area (Å²) in [7, 11) is 0. The number of carboxylic acids is 1. The lowest BCUT2D eigenvalue weighted by molar-refractivity contribution is -0.133. The molecule has 0 unspecified atom stereocenters. The quantitative estimate of drug-likeness (QED) is 0.769. The van der Waals surface area contributed by atoms with Crippen LogP contribution in [0.2, 0.25) is 0 Å². The number of carboxylic acid groups (broad SMARTS) is 1. The first-order valence-electron chi connectivity index (χ1n) is 6.47. The predicted molar refractivity (Wildman–Crippen MR) is 69.7 cm³/mol. The number of hydrogen-bond acceptors (Lipinski definition) is 4. The molecule has 1 fully saturated rings. The standard InChI is InChI=1S/C12H19N3O2S/c1-2-4-10-13-14-12(18-8-11(16)17)15(10)7-9-5-3-6-9/h9H,2-8H2,1H3,(H,16,17). The van der Waals surface area contributed by atoms with E-state index in [-0.39, 0.29) is 5.75 Å². The molecule has 1 aliphatic rings. The van der Waals surface area contributed by atoms with Gasteiger partial charge in [0.05, 0.1) is 5.75 Å². The molecule has 5 nitrogen and oxygen atoms in total. The second kappa shape index (κ2) is 6.22. The number of hydrogen-bond donors (Lipinski definition) is 1. The van der Waals surface area contributed by atoms with Crippen molar-refractivity contribution < 1.29 is 9.90 Å². The molecule has 0 aromatic carbocycles. The average molecular weight is 269 g/mol. The molecule has 1 aromatic heterocycles. The van der Waals surface area contributed by atoms with Gasteiger partial charge in [0.2, 0.25) is 0 Å². The van der Waals surface area contributed by atoms with Crippen LogP contribution in [0, 0.1) is 5.92 Å². The summed E-state index contributed by atoms with van der Waals surface area (Å²) < 4.78 is 2.13. The van der Waals surface area contributed by atoms with E-state index in [9.17, 15) is 4.79 Å². The third-order valence-electron chi connectivity index (χ3n) is 3.26. The Morgan fingerprint density at radius 3 is 2.83 bits per heavy atom. The van der Waals surface area contributed by atoms with E-state index in [1.807, 2.05) is 0 Å². The van der Waals surface area contributed by atoms with Crippen molar-refractivity contribution in [1.29, 1.82) is 0 Å². The van der Waals surface area contributed by atoms with E-state index in [4.69, 9.17) is 5.11 Å². The van der Waals surface area contributed by atoms with Crippen LogP contribution in [-0.4, -0.2) is 31.6 Å². The Labute approximate surface area is 111 Å². The molecular weight excluding hydrogens is 250 g/mol. The van der Waals surface area contributed by atoms with Crippen LogP contribution in [0.15, 0.2) is 5.16 Å². The normalized spacial score (nSPS) is 15.6. The first-order chi connectivity index (χ1) is 8.70. The SMILES string of the molecule is CCCc1nnc(SCC(=O)O)n1CC1CCC1. The van der Waals surface area contributed by atoms with Crippen LogP contribution in [0.25, 0.3) is 0 Å². The Balaban J connectivity index is 2.08. The van der Waals surface area contributed by atoms with Crippen LogP contribution in [-0.2, 0) is 17.8 Å². The number of nitrogens with zero attached hydrogens (tertiary/aromatic N) is 3. The van der Waals surface area contributed by atoms with E-state index in [0.29, 0.717) is 0 Å². The number of aromatic nitrogens is 3. The summed E-state index contributed by atoms with van der Waals surface area (Å²) in [6.07, 6.45) is 5.80. The fourth-order valence-corrected chi connectivity index (χ4v) is 2.76. The van der Waals surface area contributed by atoms with Gasteiger partial charge < -0.3 is 9.67 Å². The summed E-state index contributed by atoms with van der Waals surface area (Å²) in [6.45, 7) is 3.07. The molecule has 1 aliphatic carbocycles. The van der Waals surface area contributed by atoms with Gasteiger partial charge in [-0.05, 0) is 25.2 Å². The van der Waals surface area contributed by atoms with Crippen LogP contribution in [0.5, 0.6) is 0 Å². The largest absolute Gasteiger partial charge is 0.481 e. The van der Waals surface area contributed by atoms with Crippen LogP contribution < -0.4 is 0 Å². The number of aliphatic carboxylic acids is 1. The second-order valence-corrected chi connectivity index (χ2v) is 5.68. The van der Waals surface area contributed by atoms with Gasteiger partial charge in [-0.3, -0.25) is 4.79 Å². The third-order valence-corrected chi connectivity index (χ3v) is 4.21. The van der Waals surface area contributed by atoms with E-state index in [2.05, 4.69) is 21.7 Å². The minimum Gasteiger partial charge on any atom is -0.481 e. The molecule has 0 saturated heterocycles. The van der Waals surface area contributed by atoms with E-state index < -0.39 is 5.97 Å². The Bertz CT molecular complexity index is 415. The van der Waals surface area contributed by atoms with Crippen molar-refractivity contribution in [2.75, 3.05) is 5.75 Å². The van der Waals surface area contributed by atoms with Crippen molar-refractivity contribution in [3.05, 3.63) is 5.82 Å². The Morgan fingerprint density at radius 1 is 1.50 bits per heavy atom. The highest BCUT2D eigenvalue weighted by atomic mass is 32.2. The van der Waals surface area contributed by atoms with Crippen LogP contribution >= 0.6 is 11.8 Å². The van der Waals surface area contributed by atoms with E-state index in [1.165, 1.54) is 31.0 Å². The number of rotatable bonds is 7. The highest BCUT2D eigenvalue weighted by Crippen LogP contribution is 2.30. The van der Waals surface area contributed by atoms with Gasteiger partial charge in [-0.25, -0.2) is 0 Å². The Hall–Kier alpha value is -1.04. The number of aryl methyl sites for hydroxylation is 1. The summed E-state index contributed by atoms with van der Waals surface area (Å²) in [5, 5.41) is 17.8. The van der Waals surface area contributed by atoms with E-state index >= 15 is 0 Å². The molecule has 18 heavy (non-hydrogen) atoms. The topological polar surface area (TPSA) is 68.0 Å². The fourth-order valence-electron chi connectivity index (χ4n) is 2.08. The van der Waals surface area contributed by atoms with E-state index in [1.54, 1.807) is 0 Å². The lowest BCUT2D eigenvalue weighted by Gasteiger charge is -2.26. The smallest absolute Gasteiger partial charge is 0.313 e. The molecule has 0 aliphatic heterocycles. The zero-order valence-corrected chi connectivity index (χ0v) is 11.4. The maximum atomic E-state index is 10.6. The van der Waals surface area contributed by atoms with Gasteiger partial charge >= 0.3 is 5.97 Å².